The molecular formula is C71H55NO2. The third-order valence-electron chi connectivity index (χ3n) is 17.6. The van der Waals surface area contributed by atoms with E-state index in [2.05, 4.69) is 248 Å². The van der Waals surface area contributed by atoms with Gasteiger partial charge in [0.05, 0.1) is 5.69 Å². The maximum Gasteiger partial charge on any atom is 0.143 e. The van der Waals surface area contributed by atoms with Crippen LogP contribution in [0.1, 0.15) is 86.1 Å². The fourth-order valence-electron chi connectivity index (χ4n) is 13.6. The highest BCUT2D eigenvalue weighted by Gasteiger charge is 2.44. The molecular weight excluding hydrogens is 899 g/mol. The molecule has 74 heavy (non-hydrogen) atoms. The molecule has 15 rings (SSSR count). The third-order valence-corrected chi connectivity index (χ3v) is 17.6. The molecule has 0 fully saturated rings. The second-order valence-corrected chi connectivity index (χ2v) is 23.0. The monoisotopic (exact) mass is 953 g/mol. The first-order valence-electron chi connectivity index (χ1n) is 26.2. The van der Waals surface area contributed by atoms with Gasteiger partial charge in [0.15, 0.2) is 0 Å². The Morgan fingerprint density at radius 3 is 1.54 bits per heavy atom. The van der Waals surface area contributed by atoms with Crippen LogP contribution >= 0.6 is 0 Å². The summed E-state index contributed by atoms with van der Waals surface area (Å²) in [7, 11) is 0. The lowest BCUT2D eigenvalue weighted by molar-refractivity contribution is 0.651. The normalized spacial score (nSPS) is 15.1. The number of para-hydroxylation sites is 3. The number of rotatable bonds is 5. The van der Waals surface area contributed by atoms with Gasteiger partial charge in [0.1, 0.15) is 22.3 Å². The Hall–Kier alpha value is -8.40. The molecule has 3 aliphatic carbocycles. The second-order valence-electron chi connectivity index (χ2n) is 23.0. The van der Waals surface area contributed by atoms with Crippen molar-refractivity contribution in [1.82, 2.24) is 0 Å². The Kier molecular flexibility index (Phi) is 8.68. The first-order valence-corrected chi connectivity index (χ1v) is 26.2. The van der Waals surface area contributed by atoms with E-state index < -0.39 is 0 Å². The Bertz CT molecular complexity index is 4400. The van der Waals surface area contributed by atoms with Gasteiger partial charge in [-0.05, 0) is 158 Å². The molecule has 0 radical (unpaired) electrons. The predicted molar refractivity (Wildman–Crippen MR) is 309 cm³/mol. The maximum atomic E-state index is 6.86. The van der Waals surface area contributed by atoms with E-state index in [4.69, 9.17) is 8.83 Å². The van der Waals surface area contributed by atoms with Crippen molar-refractivity contribution in [2.75, 3.05) is 4.90 Å². The molecule has 2 aromatic heterocycles. The molecule has 0 amide bonds. The van der Waals surface area contributed by atoms with Gasteiger partial charge in [0, 0.05) is 60.3 Å². The number of furan rings is 2. The Balaban J connectivity index is 0.923. The van der Waals surface area contributed by atoms with E-state index in [1.807, 2.05) is 0 Å². The molecule has 2 heterocycles. The molecule has 0 saturated carbocycles. The van der Waals surface area contributed by atoms with Crippen LogP contribution < -0.4 is 4.90 Å². The lowest BCUT2D eigenvalue weighted by Crippen LogP contribution is -2.18. The molecule has 0 bridgehead atoms. The summed E-state index contributed by atoms with van der Waals surface area (Å²) in [5, 5.41) is 4.74. The Morgan fingerprint density at radius 2 is 0.838 bits per heavy atom. The van der Waals surface area contributed by atoms with Crippen LogP contribution in [0.5, 0.6) is 0 Å². The summed E-state index contributed by atoms with van der Waals surface area (Å²) in [4.78, 5) is 2.52. The van der Waals surface area contributed by atoms with E-state index in [-0.39, 0.29) is 16.2 Å². The molecule has 3 nitrogen and oxygen atoms in total. The molecule has 0 N–H and O–H groups in total. The first-order chi connectivity index (χ1) is 35.8. The molecule has 3 heteroatoms. The molecule has 12 aromatic rings. The highest BCUT2D eigenvalue weighted by atomic mass is 16.3. The number of anilines is 3. The van der Waals surface area contributed by atoms with E-state index in [0.717, 1.165) is 55.9 Å². The van der Waals surface area contributed by atoms with Gasteiger partial charge in [-0.25, -0.2) is 0 Å². The topological polar surface area (TPSA) is 29.5 Å². The van der Waals surface area contributed by atoms with Crippen LogP contribution in [-0.2, 0) is 16.2 Å². The third kappa shape index (κ3) is 5.78. The minimum Gasteiger partial charge on any atom is -0.456 e. The van der Waals surface area contributed by atoms with Gasteiger partial charge in [0.25, 0.3) is 0 Å². The summed E-state index contributed by atoms with van der Waals surface area (Å²) in [6, 6.07) is 70.3. The standard InChI is InChI=1S/C71H55NO2/c1-40-21-25-42(26-22-40)46-15-9-12-18-60(46)72(45-30-32-48-56(36-45)71(7,8)59-37-51(43-27-23-41(2)24-28-43)68-67(64(48)59)50-17-11-14-20-62(50)74-68)44-29-31-47-52-38-58-53(39-57(52)70(5,6)55(47)35-44)65-54(69(58,3)4)33-34-63-66(65)49-16-10-13-19-61(49)73-63/h9-39H,1-8H3. The molecule has 0 unspecified atom stereocenters. The summed E-state index contributed by atoms with van der Waals surface area (Å²) in [6.45, 7) is 18.8. The number of hydrogen-bond acceptors (Lipinski definition) is 3. The molecule has 356 valence electrons. The number of nitrogens with zero attached hydrogens (tertiary/aromatic N) is 1. The van der Waals surface area contributed by atoms with Gasteiger partial charge >= 0.3 is 0 Å². The smallest absolute Gasteiger partial charge is 0.143 e. The molecule has 10 aromatic carbocycles. The van der Waals surface area contributed by atoms with Crippen molar-refractivity contribution >= 4 is 60.9 Å². The zero-order chi connectivity index (χ0) is 50.2. The van der Waals surface area contributed by atoms with Crippen molar-refractivity contribution in [1.29, 1.82) is 0 Å². The van der Waals surface area contributed by atoms with E-state index in [9.17, 15) is 0 Å². The minimum absolute atomic E-state index is 0.185. The lowest BCUT2D eigenvalue weighted by Gasteiger charge is -2.31. The van der Waals surface area contributed by atoms with Crippen LogP contribution in [0.15, 0.2) is 197 Å². The average molecular weight is 954 g/mol. The van der Waals surface area contributed by atoms with E-state index >= 15 is 0 Å². The van der Waals surface area contributed by atoms with Gasteiger partial charge in [-0.3, -0.25) is 0 Å². The van der Waals surface area contributed by atoms with E-state index in [1.165, 1.54) is 105 Å². The minimum atomic E-state index is -0.322. The quantitative estimate of drug-likeness (QED) is 0.172. The molecule has 0 saturated heterocycles. The zero-order valence-electron chi connectivity index (χ0n) is 43.2. The lowest BCUT2D eigenvalue weighted by atomic mass is 9.79. The average Bonchev–Trinajstić information content (AvgIpc) is 4.31. The Morgan fingerprint density at radius 1 is 0.338 bits per heavy atom. The van der Waals surface area contributed by atoms with Crippen LogP contribution in [-0.4, -0.2) is 0 Å². The molecule has 0 atom stereocenters. The number of aryl methyl sites for hydroxylation is 2. The summed E-state index contributed by atoms with van der Waals surface area (Å²) < 4.78 is 13.4. The van der Waals surface area contributed by atoms with Crippen molar-refractivity contribution in [3.8, 4) is 55.6 Å². The van der Waals surface area contributed by atoms with Crippen molar-refractivity contribution in [2.45, 2.75) is 71.6 Å². The second kappa shape index (κ2) is 14.9. The van der Waals surface area contributed by atoms with Gasteiger partial charge in [0.2, 0.25) is 0 Å². The first kappa shape index (κ1) is 43.2. The number of benzene rings is 10. The SMILES string of the molecule is Cc1ccc(-c2ccccc2N(c2ccc3c(c2)C(C)(C)c2cc4c(cc2-3)C(C)(C)c2ccc3oc5ccccc5c3c2-4)c2ccc3c(c2)C(C)(C)c2cc(-c4ccc(C)cc4)c4oc5ccccc5c4c2-3)cc1. The van der Waals surface area contributed by atoms with Gasteiger partial charge in [-0.15, -0.1) is 0 Å². The van der Waals surface area contributed by atoms with Crippen LogP contribution in [0.3, 0.4) is 0 Å². The number of hydrogen-bond donors (Lipinski definition) is 0. The van der Waals surface area contributed by atoms with Crippen molar-refractivity contribution in [2.24, 2.45) is 0 Å². The van der Waals surface area contributed by atoms with Crippen molar-refractivity contribution in [3.05, 3.63) is 233 Å². The van der Waals surface area contributed by atoms with E-state index in [0.29, 0.717) is 0 Å². The summed E-state index contributed by atoms with van der Waals surface area (Å²) >= 11 is 0. The molecule has 0 aliphatic heterocycles. The predicted octanol–water partition coefficient (Wildman–Crippen LogP) is 19.8. The highest BCUT2D eigenvalue weighted by Crippen LogP contribution is 2.60. The molecule has 3 aliphatic rings. The number of fused-ring (bicyclic) bond motifs is 17. The van der Waals surface area contributed by atoms with Crippen LogP contribution in [0.4, 0.5) is 17.1 Å². The summed E-state index contributed by atoms with van der Waals surface area (Å²) in [6.07, 6.45) is 0. The highest BCUT2D eigenvalue weighted by molar-refractivity contribution is 6.19. The van der Waals surface area contributed by atoms with Crippen molar-refractivity contribution in [3.63, 3.8) is 0 Å². The van der Waals surface area contributed by atoms with Gasteiger partial charge < -0.3 is 13.7 Å². The maximum absolute atomic E-state index is 6.86. The van der Waals surface area contributed by atoms with Crippen LogP contribution in [0, 0.1) is 13.8 Å². The summed E-state index contributed by atoms with van der Waals surface area (Å²) in [5.74, 6) is 0. The van der Waals surface area contributed by atoms with Crippen LogP contribution in [0.25, 0.3) is 99.5 Å². The van der Waals surface area contributed by atoms with E-state index in [1.54, 1.807) is 0 Å². The zero-order valence-corrected chi connectivity index (χ0v) is 43.2. The van der Waals surface area contributed by atoms with Crippen molar-refractivity contribution < 1.29 is 8.83 Å². The fourth-order valence-corrected chi connectivity index (χ4v) is 13.6. The Labute approximate surface area is 432 Å². The molecule has 0 spiro atoms. The fraction of sp³-hybridized carbons (Fsp3) is 0.155. The van der Waals surface area contributed by atoms with Gasteiger partial charge in [-0.1, -0.05) is 174 Å². The largest absolute Gasteiger partial charge is 0.456 e. The summed E-state index contributed by atoms with van der Waals surface area (Å²) in [5.41, 5.74) is 29.4. The van der Waals surface area contributed by atoms with Gasteiger partial charge in [-0.2, -0.15) is 0 Å². The van der Waals surface area contributed by atoms with Crippen LogP contribution in [0.2, 0.25) is 0 Å².